The summed E-state index contributed by atoms with van der Waals surface area (Å²) < 4.78 is 34.0. The number of nitro groups is 1. The summed E-state index contributed by atoms with van der Waals surface area (Å²) in [7, 11) is -3.17. The zero-order valence-electron chi connectivity index (χ0n) is 11.3. The number of methoxy groups -OCH3 is 1. The molecule has 1 aromatic rings. The fourth-order valence-corrected chi connectivity index (χ4v) is 1.84. The Bertz CT molecular complexity index is 713. The minimum atomic E-state index is -4.25. The quantitative estimate of drug-likeness (QED) is 0.319. The van der Waals surface area contributed by atoms with Gasteiger partial charge in [0.15, 0.2) is 0 Å². The van der Waals surface area contributed by atoms with Crippen molar-refractivity contribution in [2.24, 2.45) is 0 Å². The van der Waals surface area contributed by atoms with E-state index in [0.717, 1.165) is 25.3 Å². The molecule has 0 spiro atoms. The Kier molecular flexibility index (Phi) is 5.54. The Morgan fingerprint density at radius 2 is 1.91 bits per heavy atom. The number of benzene rings is 1. The molecule has 0 bridgehead atoms. The van der Waals surface area contributed by atoms with Crippen molar-refractivity contribution in [3.8, 4) is 0 Å². The number of nitrogens with one attached hydrogen (secondary N) is 1. The van der Waals surface area contributed by atoms with Gasteiger partial charge in [0.1, 0.15) is 0 Å². The van der Waals surface area contributed by atoms with Crippen LogP contribution in [-0.4, -0.2) is 49.2 Å². The molecule has 0 saturated carbocycles. The number of ether oxygens (including phenoxy) is 1. The van der Waals surface area contributed by atoms with Crippen LogP contribution < -0.4 is 5.32 Å². The molecular formula is C11H12N2O8S. The molecule has 1 amide bonds. The Hall–Kier alpha value is -2.53. The number of esters is 1. The van der Waals surface area contributed by atoms with Crippen LogP contribution in [0.25, 0.3) is 0 Å². The summed E-state index contributed by atoms with van der Waals surface area (Å²) in [5, 5.41) is 12.9. The van der Waals surface area contributed by atoms with E-state index in [1.807, 2.05) is 0 Å². The van der Waals surface area contributed by atoms with Crippen LogP contribution in [0.1, 0.15) is 20.7 Å². The molecule has 120 valence electrons. The van der Waals surface area contributed by atoms with Crippen molar-refractivity contribution in [1.82, 2.24) is 5.32 Å². The molecule has 0 aromatic heterocycles. The zero-order chi connectivity index (χ0) is 16.9. The Balaban J connectivity index is 3.02. The molecule has 0 atom stereocenters. The van der Waals surface area contributed by atoms with Gasteiger partial charge in [0.05, 0.1) is 23.3 Å². The van der Waals surface area contributed by atoms with Gasteiger partial charge in [-0.2, -0.15) is 8.42 Å². The van der Waals surface area contributed by atoms with E-state index >= 15 is 0 Å². The number of hydrogen-bond donors (Lipinski definition) is 2. The van der Waals surface area contributed by atoms with Gasteiger partial charge in [0, 0.05) is 24.2 Å². The largest absolute Gasteiger partial charge is 0.465 e. The van der Waals surface area contributed by atoms with Crippen molar-refractivity contribution in [3.63, 3.8) is 0 Å². The normalized spacial score (nSPS) is 10.8. The summed E-state index contributed by atoms with van der Waals surface area (Å²) in [4.78, 5) is 33.2. The van der Waals surface area contributed by atoms with Gasteiger partial charge in [-0.15, -0.1) is 0 Å². The molecule has 11 heteroatoms. The number of carbonyl (C=O) groups is 2. The molecule has 0 radical (unpaired) electrons. The molecule has 0 aliphatic carbocycles. The van der Waals surface area contributed by atoms with Gasteiger partial charge in [0.2, 0.25) is 0 Å². The first kappa shape index (κ1) is 17.5. The van der Waals surface area contributed by atoms with Gasteiger partial charge < -0.3 is 10.1 Å². The molecule has 0 aliphatic heterocycles. The second-order valence-corrected chi connectivity index (χ2v) is 5.63. The van der Waals surface area contributed by atoms with E-state index in [-0.39, 0.29) is 11.1 Å². The molecule has 0 aliphatic rings. The Morgan fingerprint density at radius 1 is 1.32 bits per heavy atom. The maximum absolute atomic E-state index is 11.8. The number of carbonyl (C=O) groups excluding carboxylic acids is 2. The highest BCUT2D eigenvalue weighted by atomic mass is 32.2. The standard InChI is InChI=1S/C11H12N2O8S/c1-21-11(15)8-4-7(5-9(6-8)13(16)17)10(14)12-2-3-22(18,19)20/h4-6H,2-3H2,1H3,(H,12,14)(H,18,19,20). The molecule has 10 nitrogen and oxygen atoms in total. The van der Waals surface area contributed by atoms with Gasteiger partial charge in [-0.05, 0) is 6.07 Å². The summed E-state index contributed by atoms with van der Waals surface area (Å²) >= 11 is 0. The highest BCUT2D eigenvalue weighted by molar-refractivity contribution is 7.85. The molecule has 1 aromatic carbocycles. The molecule has 22 heavy (non-hydrogen) atoms. The first-order valence-corrected chi connectivity index (χ1v) is 7.36. The van der Waals surface area contributed by atoms with Crippen molar-refractivity contribution in [1.29, 1.82) is 0 Å². The van der Waals surface area contributed by atoms with Crippen LogP contribution in [0, 0.1) is 10.1 Å². The van der Waals surface area contributed by atoms with Crippen LogP contribution >= 0.6 is 0 Å². The molecule has 1 rings (SSSR count). The van der Waals surface area contributed by atoms with Crippen LogP contribution in [0.15, 0.2) is 18.2 Å². The molecule has 0 unspecified atom stereocenters. The van der Waals surface area contributed by atoms with E-state index in [9.17, 15) is 28.1 Å². The lowest BCUT2D eigenvalue weighted by molar-refractivity contribution is -0.384. The van der Waals surface area contributed by atoms with Crippen molar-refractivity contribution in [2.45, 2.75) is 0 Å². The second kappa shape index (κ2) is 6.95. The molecule has 0 heterocycles. The Morgan fingerprint density at radius 3 is 2.41 bits per heavy atom. The van der Waals surface area contributed by atoms with E-state index in [2.05, 4.69) is 10.1 Å². The third kappa shape index (κ3) is 5.10. The summed E-state index contributed by atoms with van der Waals surface area (Å²) in [6, 6.07) is 2.94. The lowest BCUT2D eigenvalue weighted by Crippen LogP contribution is -2.29. The number of non-ortho nitro benzene ring substituents is 1. The summed E-state index contributed by atoms with van der Waals surface area (Å²) in [5.74, 6) is -2.41. The van der Waals surface area contributed by atoms with Crippen LogP contribution in [0.2, 0.25) is 0 Å². The van der Waals surface area contributed by atoms with Crippen LogP contribution in [0.3, 0.4) is 0 Å². The smallest absolute Gasteiger partial charge is 0.338 e. The van der Waals surface area contributed by atoms with Gasteiger partial charge >= 0.3 is 5.97 Å². The lowest BCUT2D eigenvalue weighted by atomic mass is 10.1. The van der Waals surface area contributed by atoms with Crippen molar-refractivity contribution < 1.29 is 32.2 Å². The topological polar surface area (TPSA) is 153 Å². The lowest BCUT2D eigenvalue weighted by Gasteiger charge is -2.06. The third-order valence-corrected chi connectivity index (χ3v) is 3.18. The Labute approximate surface area is 125 Å². The highest BCUT2D eigenvalue weighted by Crippen LogP contribution is 2.18. The minimum Gasteiger partial charge on any atom is -0.465 e. The molecular weight excluding hydrogens is 320 g/mol. The van der Waals surface area contributed by atoms with Gasteiger partial charge in [-0.25, -0.2) is 4.79 Å². The molecule has 0 saturated heterocycles. The SMILES string of the molecule is COC(=O)c1cc(C(=O)NCCS(=O)(=O)O)cc([N+](=O)[O-])c1. The maximum atomic E-state index is 11.8. The van der Waals surface area contributed by atoms with Crippen molar-refractivity contribution in [2.75, 3.05) is 19.4 Å². The number of amides is 1. The van der Waals surface area contributed by atoms with E-state index in [4.69, 9.17) is 4.55 Å². The fraction of sp³-hybridized carbons (Fsp3) is 0.273. The summed E-state index contributed by atoms with van der Waals surface area (Å²) in [5.41, 5.74) is -0.913. The summed E-state index contributed by atoms with van der Waals surface area (Å²) in [6.45, 7) is -0.395. The van der Waals surface area contributed by atoms with Crippen molar-refractivity contribution in [3.05, 3.63) is 39.4 Å². The minimum absolute atomic E-state index is 0.198. The van der Waals surface area contributed by atoms with E-state index in [0.29, 0.717) is 0 Å². The first-order chi connectivity index (χ1) is 10.1. The third-order valence-electron chi connectivity index (χ3n) is 2.46. The first-order valence-electron chi connectivity index (χ1n) is 5.75. The number of nitrogens with zero attached hydrogens (tertiary/aromatic N) is 1. The van der Waals surface area contributed by atoms with E-state index in [1.165, 1.54) is 0 Å². The number of rotatable bonds is 6. The van der Waals surface area contributed by atoms with E-state index in [1.54, 1.807) is 0 Å². The molecule has 0 fully saturated rings. The van der Waals surface area contributed by atoms with Crippen molar-refractivity contribution >= 4 is 27.7 Å². The maximum Gasteiger partial charge on any atom is 0.338 e. The predicted octanol–water partition coefficient (Wildman–Crippen LogP) is -0.001000. The van der Waals surface area contributed by atoms with Crippen LogP contribution in [-0.2, 0) is 14.9 Å². The summed E-state index contributed by atoms with van der Waals surface area (Å²) in [6.07, 6.45) is 0. The predicted molar refractivity (Wildman–Crippen MR) is 73.2 cm³/mol. The van der Waals surface area contributed by atoms with Gasteiger partial charge in [0.25, 0.3) is 21.7 Å². The number of nitro benzene ring substituents is 1. The molecule has 2 N–H and O–H groups in total. The van der Waals surface area contributed by atoms with Gasteiger partial charge in [-0.3, -0.25) is 19.5 Å². The monoisotopic (exact) mass is 332 g/mol. The van der Waals surface area contributed by atoms with E-state index < -0.39 is 44.9 Å². The zero-order valence-corrected chi connectivity index (χ0v) is 12.1. The van der Waals surface area contributed by atoms with Gasteiger partial charge in [-0.1, -0.05) is 0 Å². The second-order valence-electron chi connectivity index (χ2n) is 4.06. The highest BCUT2D eigenvalue weighted by Gasteiger charge is 2.18. The van der Waals surface area contributed by atoms with Crippen LogP contribution in [0.4, 0.5) is 5.69 Å². The average Bonchev–Trinajstić information content (AvgIpc) is 2.44. The number of hydrogen-bond acceptors (Lipinski definition) is 7. The van der Waals surface area contributed by atoms with Crippen LogP contribution in [0.5, 0.6) is 0 Å². The average molecular weight is 332 g/mol. The fourth-order valence-electron chi connectivity index (χ4n) is 1.48.